The van der Waals surface area contributed by atoms with Crippen LogP contribution in [0.15, 0.2) is 30.3 Å². The molecule has 0 unspecified atom stereocenters. The Kier molecular flexibility index (Phi) is 15.4. The third-order valence-corrected chi connectivity index (χ3v) is 13.0. The molecule has 19 heteroatoms. The van der Waals surface area contributed by atoms with Crippen LogP contribution in [0.3, 0.4) is 0 Å². The molecule has 0 radical (unpaired) electrons. The number of ether oxygens (including phenoxy) is 3. The lowest BCUT2D eigenvalue weighted by Crippen LogP contribution is -2.52. The molecular weight excluding hydrogens is 835 g/mol. The summed E-state index contributed by atoms with van der Waals surface area (Å²) in [6, 6.07) is 7.21. The van der Waals surface area contributed by atoms with Gasteiger partial charge in [-0.15, -0.1) is 0 Å². The van der Waals surface area contributed by atoms with Gasteiger partial charge in [-0.3, -0.25) is 14.4 Å². The fraction of sp³-hybridized carbons (Fsp3) is 0.605. The normalized spacial score (nSPS) is 19.0. The highest BCUT2D eigenvalue weighted by atomic mass is 35.5. The maximum Gasteiger partial charge on any atom is 0.418 e. The van der Waals surface area contributed by atoms with Gasteiger partial charge < -0.3 is 49.8 Å². The molecule has 0 saturated carbocycles. The zero-order valence-corrected chi connectivity index (χ0v) is 36.3. The second kappa shape index (κ2) is 20.5. The molecule has 0 aliphatic carbocycles. The summed E-state index contributed by atoms with van der Waals surface area (Å²) in [5.41, 5.74) is 5.65. The van der Waals surface area contributed by atoms with Gasteiger partial charge in [-0.1, -0.05) is 11.6 Å². The van der Waals surface area contributed by atoms with E-state index in [1.807, 2.05) is 12.1 Å². The minimum absolute atomic E-state index is 0.0455. The lowest BCUT2D eigenvalue weighted by Gasteiger charge is -2.41. The van der Waals surface area contributed by atoms with Crippen LogP contribution in [-0.2, 0) is 42.9 Å². The van der Waals surface area contributed by atoms with E-state index in [9.17, 15) is 37.1 Å². The number of amides is 5. The predicted molar refractivity (Wildman–Crippen MR) is 225 cm³/mol. The number of esters is 1. The number of alkyl halides is 3. The Hall–Kier alpha value is -4.97. The van der Waals surface area contributed by atoms with E-state index in [2.05, 4.69) is 10.2 Å². The monoisotopic (exact) mass is 891 g/mol. The lowest BCUT2D eigenvalue weighted by atomic mass is 9.78. The summed E-state index contributed by atoms with van der Waals surface area (Å²) in [5, 5.41) is 2.66. The van der Waals surface area contributed by atoms with Crippen LogP contribution in [0.2, 0.25) is 5.02 Å². The van der Waals surface area contributed by atoms with Crippen LogP contribution in [0.4, 0.5) is 34.1 Å². The highest BCUT2D eigenvalue weighted by Gasteiger charge is 2.39. The van der Waals surface area contributed by atoms with Crippen LogP contribution in [0.1, 0.15) is 61.6 Å². The fourth-order valence-corrected chi connectivity index (χ4v) is 9.16. The summed E-state index contributed by atoms with van der Waals surface area (Å²) in [4.78, 5) is 73.5. The number of methoxy groups -OCH3 is 1. The van der Waals surface area contributed by atoms with Gasteiger partial charge in [0.15, 0.2) is 12.7 Å². The average molecular weight is 892 g/mol. The van der Waals surface area contributed by atoms with Crippen molar-refractivity contribution in [2.45, 2.75) is 76.1 Å². The van der Waals surface area contributed by atoms with Gasteiger partial charge >= 0.3 is 24.3 Å². The molecule has 5 amide bonds. The van der Waals surface area contributed by atoms with Gasteiger partial charge in [-0.05, 0) is 111 Å². The van der Waals surface area contributed by atoms with Gasteiger partial charge in [0.2, 0.25) is 0 Å². The van der Waals surface area contributed by atoms with E-state index >= 15 is 0 Å². The molecule has 4 aliphatic heterocycles. The van der Waals surface area contributed by atoms with Gasteiger partial charge in [-0.2, -0.15) is 13.2 Å². The number of nitrogens with zero attached hydrogens (tertiary/aromatic N) is 5. The molecule has 15 nitrogen and oxygen atoms in total. The Morgan fingerprint density at radius 3 is 2.19 bits per heavy atom. The molecule has 4 heterocycles. The van der Waals surface area contributed by atoms with Crippen LogP contribution in [-0.4, -0.2) is 147 Å². The molecule has 62 heavy (non-hydrogen) atoms. The molecule has 1 atom stereocenters. The Morgan fingerprint density at radius 2 is 1.56 bits per heavy atom. The number of nitrogens with one attached hydrogen (secondary N) is 1. The Balaban J connectivity index is 1.04. The van der Waals surface area contributed by atoms with Crippen molar-refractivity contribution in [3.8, 4) is 5.75 Å². The molecule has 2 aromatic carbocycles. The minimum Gasteiger partial charge on any atom is -0.497 e. The van der Waals surface area contributed by atoms with Gasteiger partial charge in [0.05, 0.1) is 29.8 Å². The van der Waals surface area contributed by atoms with Crippen LogP contribution in [0.5, 0.6) is 5.75 Å². The van der Waals surface area contributed by atoms with Crippen LogP contribution >= 0.6 is 11.6 Å². The third kappa shape index (κ3) is 11.7. The van der Waals surface area contributed by atoms with E-state index in [1.54, 1.807) is 37.1 Å². The third-order valence-electron chi connectivity index (χ3n) is 12.7. The molecular formula is C43H57ClF3N7O8. The largest absolute Gasteiger partial charge is 0.497 e. The number of nitrogen functional groups attached to an aromatic ring is 1. The topological polar surface area (TPSA) is 167 Å². The second-order valence-corrected chi connectivity index (χ2v) is 17.2. The summed E-state index contributed by atoms with van der Waals surface area (Å²) in [6.07, 6.45) is -2.34. The smallest absolute Gasteiger partial charge is 0.418 e. The lowest BCUT2D eigenvalue weighted by molar-refractivity contribution is -0.151. The van der Waals surface area contributed by atoms with Gasteiger partial charge in [0.25, 0.3) is 11.8 Å². The predicted octanol–water partition coefficient (Wildman–Crippen LogP) is 5.52. The molecule has 6 rings (SSSR count). The van der Waals surface area contributed by atoms with Gasteiger partial charge in [0, 0.05) is 71.5 Å². The number of benzene rings is 2. The standard InChI is InChI=1S/C43H57ClF3N7O8/c1-50(2)37(55)26-61-38(56)13-16-51-14-6-28(7-15-51)29-8-17-52(18-9-29)40(57)36(24-27-22-33(43(45,46)47)39(48)34(44)23-27)62-42(59)53-19-11-31(12-20-53)54-21-10-30-25-32(60-3)4-5-35(30)49-41(54)58/h4-5,22-23,25,28-29,31,36H,6-21,24,26,48H2,1-3H3,(H,49,58)/t36-/m1/s1. The van der Waals surface area contributed by atoms with E-state index in [0.29, 0.717) is 75.9 Å². The van der Waals surface area contributed by atoms with Gasteiger partial charge in [-0.25, -0.2) is 9.59 Å². The number of fused-ring (bicyclic) bond motifs is 1. The number of hydrogen-bond acceptors (Lipinski definition) is 10. The minimum atomic E-state index is -4.80. The van der Waals surface area contributed by atoms with Crippen molar-refractivity contribution in [1.82, 2.24) is 24.5 Å². The Morgan fingerprint density at radius 1 is 0.919 bits per heavy atom. The number of piperidine rings is 3. The molecule has 0 spiro atoms. The van der Waals surface area contributed by atoms with Crippen molar-refractivity contribution in [2.75, 3.05) is 91.2 Å². The van der Waals surface area contributed by atoms with Crippen LogP contribution in [0.25, 0.3) is 0 Å². The first-order valence-electron chi connectivity index (χ1n) is 21.2. The first-order chi connectivity index (χ1) is 29.5. The summed E-state index contributed by atoms with van der Waals surface area (Å²) in [5.74, 6) is 0.262. The number of halogens is 4. The maximum atomic E-state index is 14.2. The van der Waals surface area contributed by atoms with Crippen LogP contribution < -0.4 is 15.8 Å². The quantitative estimate of drug-likeness (QED) is 0.205. The summed E-state index contributed by atoms with van der Waals surface area (Å²) in [6.45, 7) is 3.62. The molecule has 4 aliphatic rings. The SMILES string of the molecule is COc1ccc2c(c1)CCN(C1CCN(C(=O)O[C@H](Cc3cc(Cl)c(N)c(C(F)(F)F)c3)C(=O)N3CCC(C4CCN(CCC(=O)OCC(=O)N(C)C)CC4)CC3)CC1)C(=O)N2. The molecule has 3 fully saturated rings. The zero-order chi connectivity index (χ0) is 44.7. The summed E-state index contributed by atoms with van der Waals surface area (Å²) >= 11 is 6.15. The first kappa shape index (κ1) is 46.5. The van der Waals surface area contributed by atoms with E-state index in [0.717, 1.165) is 43.2 Å². The highest BCUT2D eigenvalue weighted by Crippen LogP contribution is 2.39. The van der Waals surface area contributed by atoms with Crippen molar-refractivity contribution < 1.29 is 51.4 Å². The van der Waals surface area contributed by atoms with E-state index in [-0.39, 0.29) is 61.1 Å². The van der Waals surface area contributed by atoms with E-state index in [1.165, 1.54) is 15.9 Å². The second-order valence-electron chi connectivity index (χ2n) is 16.8. The maximum absolute atomic E-state index is 14.2. The number of anilines is 2. The van der Waals surface area contributed by atoms with Crippen molar-refractivity contribution in [3.63, 3.8) is 0 Å². The highest BCUT2D eigenvalue weighted by molar-refractivity contribution is 6.33. The Bertz CT molecular complexity index is 1950. The number of likely N-dealkylation sites (N-methyl/N-ethyl adjacent to an activating group) is 1. The number of nitrogens with two attached hydrogens (primary N) is 1. The number of carbonyl (C=O) groups excluding carboxylic acids is 5. The van der Waals surface area contributed by atoms with Gasteiger partial charge in [0.1, 0.15) is 5.75 Å². The summed E-state index contributed by atoms with van der Waals surface area (Å²) < 4.78 is 58.2. The van der Waals surface area contributed by atoms with Crippen molar-refractivity contribution >= 4 is 52.9 Å². The van der Waals surface area contributed by atoms with Crippen molar-refractivity contribution in [1.29, 1.82) is 0 Å². The fourth-order valence-electron chi connectivity index (χ4n) is 8.92. The number of carbonyl (C=O) groups is 5. The molecule has 3 saturated heterocycles. The average Bonchev–Trinajstić information content (AvgIpc) is 3.42. The first-order valence-corrected chi connectivity index (χ1v) is 21.6. The van der Waals surface area contributed by atoms with Crippen molar-refractivity contribution in [3.05, 3.63) is 52.0 Å². The van der Waals surface area contributed by atoms with E-state index in [4.69, 9.17) is 31.5 Å². The number of rotatable bonds is 12. The van der Waals surface area contributed by atoms with E-state index < -0.39 is 41.5 Å². The molecule has 340 valence electrons. The number of urea groups is 1. The Labute approximate surface area is 364 Å². The number of likely N-dealkylation sites (tertiary alicyclic amines) is 3. The molecule has 0 bridgehead atoms. The van der Waals surface area contributed by atoms with Crippen molar-refractivity contribution in [2.24, 2.45) is 11.8 Å². The zero-order valence-electron chi connectivity index (χ0n) is 35.5. The summed E-state index contributed by atoms with van der Waals surface area (Å²) in [7, 11) is 4.78. The molecule has 2 aromatic rings. The number of hydrogen-bond donors (Lipinski definition) is 2. The van der Waals surface area contributed by atoms with Crippen LogP contribution in [0, 0.1) is 11.8 Å². The molecule has 3 N–H and O–H groups in total. The molecule has 0 aromatic heterocycles.